The second-order valence-electron chi connectivity index (χ2n) is 7.14. The molecule has 3 rings (SSSR count). The predicted octanol–water partition coefficient (Wildman–Crippen LogP) is 2.45. The van der Waals surface area contributed by atoms with E-state index in [-0.39, 0.29) is 24.0 Å². The standard InChI is InChI=1S/C18H31N5O.HI/c1-14-17(15(2)24-21-14)6-8-20-18(19-3)23-11-7-16(13-23)12-22-9-4-5-10-22;/h16H,4-13H2,1-3H3,(H,19,20);1H. The number of aliphatic imine (C=N–C) groups is 1. The molecule has 0 amide bonds. The second-order valence-corrected chi connectivity index (χ2v) is 7.14. The van der Waals surface area contributed by atoms with Crippen molar-refractivity contribution in [3.8, 4) is 0 Å². The van der Waals surface area contributed by atoms with Crippen LogP contribution in [0.3, 0.4) is 0 Å². The average molecular weight is 461 g/mol. The van der Waals surface area contributed by atoms with E-state index < -0.39 is 0 Å². The van der Waals surface area contributed by atoms with E-state index in [9.17, 15) is 0 Å². The first-order valence-corrected chi connectivity index (χ1v) is 9.27. The van der Waals surface area contributed by atoms with E-state index in [1.165, 1.54) is 44.5 Å². The smallest absolute Gasteiger partial charge is 0.193 e. The molecule has 1 atom stereocenters. The van der Waals surface area contributed by atoms with E-state index in [2.05, 4.69) is 25.3 Å². The molecule has 1 N–H and O–H groups in total. The van der Waals surface area contributed by atoms with Crippen molar-refractivity contribution in [3.05, 3.63) is 17.0 Å². The fourth-order valence-electron chi connectivity index (χ4n) is 3.99. The lowest BCUT2D eigenvalue weighted by Crippen LogP contribution is -2.41. The quantitative estimate of drug-likeness (QED) is 0.415. The minimum Gasteiger partial charge on any atom is -0.361 e. The third-order valence-electron chi connectivity index (χ3n) is 5.35. The van der Waals surface area contributed by atoms with Crippen molar-refractivity contribution in [2.75, 3.05) is 46.3 Å². The molecule has 2 aliphatic rings. The minimum absolute atomic E-state index is 0. The molecule has 0 spiro atoms. The first-order valence-electron chi connectivity index (χ1n) is 9.27. The van der Waals surface area contributed by atoms with Gasteiger partial charge in [-0.3, -0.25) is 4.99 Å². The Morgan fingerprint density at radius 3 is 2.68 bits per heavy atom. The molecule has 6 nitrogen and oxygen atoms in total. The Kier molecular flexibility index (Phi) is 7.99. The Bertz CT molecular complexity index is 548. The summed E-state index contributed by atoms with van der Waals surface area (Å²) in [4.78, 5) is 9.52. The number of guanidine groups is 1. The first-order chi connectivity index (χ1) is 11.7. The summed E-state index contributed by atoms with van der Waals surface area (Å²) in [6.45, 7) is 10.9. The Hall–Kier alpha value is -0.830. The van der Waals surface area contributed by atoms with E-state index in [1.807, 2.05) is 20.9 Å². The molecule has 2 aliphatic heterocycles. The van der Waals surface area contributed by atoms with Crippen molar-refractivity contribution in [2.45, 2.75) is 39.5 Å². The lowest BCUT2D eigenvalue weighted by Gasteiger charge is -2.23. The number of halogens is 1. The Morgan fingerprint density at radius 1 is 1.28 bits per heavy atom. The van der Waals surface area contributed by atoms with Crippen molar-refractivity contribution < 1.29 is 4.52 Å². The maximum atomic E-state index is 5.23. The Morgan fingerprint density at radius 2 is 2.04 bits per heavy atom. The molecule has 0 bridgehead atoms. The van der Waals surface area contributed by atoms with Crippen LogP contribution in [0.15, 0.2) is 9.52 Å². The molecule has 142 valence electrons. The summed E-state index contributed by atoms with van der Waals surface area (Å²) in [7, 11) is 1.88. The first kappa shape index (κ1) is 20.5. The van der Waals surface area contributed by atoms with Crippen LogP contribution in [0.5, 0.6) is 0 Å². The van der Waals surface area contributed by atoms with Gasteiger partial charge in [-0.2, -0.15) is 0 Å². The number of hydrogen-bond donors (Lipinski definition) is 1. The highest BCUT2D eigenvalue weighted by molar-refractivity contribution is 14.0. The van der Waals surface area contributed by atoms with Crippen LogP contribution in [-0.2, 0) is 6.42 Å². The number of hydrogen-bond acceptors (Lipinski definition) is 4. The summed E-state index contributed by atoms with van der Waals surface area (Å²) in [5.74, 6) is 2.74. The second kappa shape index (κ2) is 9.75. The van der Waals surface area contributed by atoms with Gasteiger partial charge in [0, 0.05) is 38.8 Å². The van der Waals surface area contributed by atoms with Crippen LogP contribution < -0.4 is 5.32 Å². The van der Waals surface area contributed by atoms with E-state index >= 15 is 0 Å². The molecule has 0 saturated carbocycles. The van der Waals surface area contributed by atoms with Crippen LogP contribution in [-0.4, -0.2) is 67.2 Å². The molecule has 25 heavy (non-hydrogen) atoms. The zero-order valence-electron chi connectivity index (χ0n) is 15.8. The summed E-state index contributed by atoms with van der Waals surface area (Å²) in [5.41, 5.74) is 2.21. The highest BCUT2D eigenvalue weighted by Crippen LogP contribution is 2.20. The van der Waals surface area contributed by atoms with Crippen molar-refractivity contribution >= 4 is 29.9 Å². The van der Waals surface area contributed by atoms with E-state index in [0.29, 0.717) is 0 Å². The summed E-state index contributed by atoms with van der Waals surface area (Å²) in [5, 5.41) is 7.53. The van der Waals surface area contributed by atoms with Gasteiger partial charge in [-0.15, -0.1) is 24.0 Å². The SMILES string of the molecule is CN=C(NCCc1c(C)noc1C)N1CCC(CN2CCCC2)C1.I. The molecule has 1 aromatic rings. The molecule has 3 heterocycles. The topological polar surface area (TPSA) is 56.9 Å². The average Bonchev–Trinajstić information content (AvgIpc) is 3.30. The highest BCUT2D eigenvalue weighted by atomic mass is 127. The van der Waals surface area contributed by atoms with Crippen LogP contribution in [0, 0.1) is 19.8 Å². The van der Waals surface area contributed by atoms with Crippen molar-refractivity contribution in [3.63, 3.8) is 0 Å². The van der Waals surface area contributed by atoms with Gasteiger partial charge < -0.3 is 19.6 Å². The molecule has 1 aromatic heterocycles. The van der Waals surface area contributed by atoms with E-state index in [1.54, 1.807) is 0 Å². The third-order valence-corrected chi connectivity index (χ3v) is 5.35. The number of aromatic nitrogens is 1. The fourth-order valence-corrected chi connectivity index (χ4v) is 3.99. The zero-order chi connectivity index (χ0) is 16.9. The molecular weight excluding hydrogens is 429 g/mol. The van der Waals surface area contributed by atoms with Gasteiger partial charge in [0.15, 0.2) is 5.96 Å². The van der Waals surface area contributed by atoms with Gasteiger partial charge in [0.1, 0.15) is 5.76 Å². The van der Waals surface area contributed by atoms with Gasteiger partial charge >= 0.3 is 0 Å². The Labute approximate surface area is 168 Å². The van der Waals surface area contributed by atoms with Crippen LogP contribution >= 0.6 is 24.0 Å². The van der Waals surface area contributed by atoms with Gasteiger partial charge in [0.05, 0.1) is 5.69 Å². The summed E-state index contributed by atoms with van der Waals surface area (Å²) >= 11 is 0. The number of rotatable bonds is 5. The fraction of sp³-hybridized carbons (Fsp3) is 0.778. The van der Waals surface area contributed by atoms with Gasteiger partial charge in [-0.05, 0) is 58.5 Å². The maximum absolute atomic E-state index is 5.23. The van der Waals surface area contributed by atoms with Crippen LogP contribution in [0.4, 0.5) is 0 Å². The van der Waals surface area contributed by atoms with Gasteiger partial charge in [-0.25, -0.2) is 0 Å². The number of nitrogens with zero attached hydrogens (tertiary/aromatic N) is 4. The maximum Gasteiger partial charge on any atom is 0.193 e. The van der Waals surface area contributed by atoms with Crippen molar-refractivity contribution in [1.82, 2.24) is 20.3 Å². The molecule has 1 unspecified atom stereocenters. The molecule has 2 fully saturated rings. The summed E-state index contributed by atoms with van der Waals surface area (Å²) < 4.78 is 5.23. The van der Waals surface area contributed by atoms with Gasteiger partial charge in [-0.1, -0.05) is 5.16 Å². The molecule has 0 radical (unpaired) electrons. The van der Waals surface area contributed by atoms with E-state index in [0.717, 1.165) is 49.4 Å². The summed E-state index contributed by atoms with van der Waals surface area (Å²) in [6.07, 6.45) is 4.95. The molecule has 2 saturated heterocycles. The van der Waals surface area contributed by atoms with Crippen molar-refractivity contribution in [2.24, 2.45) is 10.9 Å². The lowest BCUT2D eigenvalue weighted by atomic mass is 10.1. The highest BCUT2D eigenvalue weighted by Gasteiger charge is 2.27. The molecule has 0 aromatic carbocycles. The third kappa shape index (κ3) is 5.32. The van der Waals surface area contributed by atoms with Crippen LogP contribution in [0.25, 0.3) is 0 Å². The van der Waals surface area contributed by atoms with Gasteiger partial charge in [0.2, 0.25) is 0 Å². The molecular formula is C18H32IN5O. The Balaban J connectivity index is 0.00000225. The number of likely N-dealkylation sites (tertiary alicyclic amines) is 2. The number of nitrogens with one attached hydrogen (secondary N) is 1. The monoisotopic (exact) mass is 461 g/mol. The number of aryl methyl sites for hydroxylation is 2. The zero-order valence-corrected chi connectivity index (χ0v) is 18.1. The van der Waals surface area contributed by atoms with Crippen LogP contribution in [0.1, 0.15) is 36.3 Å². The van der Waals surface area contributed by atoms with Gasteiger partial charge in [0.25, 0.3) is 0 Å². The predicted molar refractivity (Wildman–Crippen MR) is 112 cm³/mol. The van der Waals surface area contributed by atoms with E-state index in [4.69, 9.17) is 4.52 Å². The molecule has 7 heteroatoms. The summed E-state index contributed by atoms with van der Waals surface area (Å²) in [6, 6.07) is 0. The largest absolute Gasteiger partial charge is 0.361 e. The normalized spacial score (nSPS) is 21.6. The van der Waals surface area contributed by atoms with Crippen LogP contribution in [0.2, 0.25) is 0 Å². The van der Waals surface area contributed by atoms with Crippen molar-refractivity contribution in [1.29, 1.82) is 0 Å². The lowest BCUT2D eigenvalue weighted by molar-refractivity contribution is 0.281. The molecule has 0 aliphatic carbocycles. The minimum atomic E-state index is 0.